The Morgan fingerprint density at radius 1 is 0.654 bits per heavy atom. The number of allylic oxidation sites excluding steroid dienone is 1. The highest BCUT2D eigenvalue weighted by Gasteiger charge is 2.23. The van der Waals surface area contributed by atoms with E-state index in [1.165, 1.54) is 0 Å². The van der Waals surface area contributed by atoms with Crippen molar-refractivity contribution in [3.63, 3.8) is 0 Å². The van der Waals surface area contributed by atoms with Crippen LogP contribution in [0.4, 0.5) is 0 Å². The Morgan fingerprint density at radius 2 is 1.04 bits per heavy atom. The Labute approximate surface area is 168 Å². The van der Waals surface area contributed by atoms with Crippen LogP contribution >= 0.6 is 34.8 Å². The third kappa shape index (κ3) is 4.32. The molecule has 0 saturated heterocycles. The van der Waals surface area contributed by atoms with Crippen LogP contribution in [-0.4, -0.2) is 28.4 Å². The zero-order chi connectivity index (χ0) is 19.3. The van der Waals surface area contributed by atoms with Gasteiger partial charge in [0, 0.05) is 5.92 Å². The third-order valence-corrected chi connectivity index (χ3v) is 4.92. The van der Waals surface area contributed by atoms with E-state index in [1.807, 2.05) is 24.3 Å². The summed E-state index contributed by atoms with van der Waals surface area (Å²) in [5, 5.41) is 0.285. The number of methoxy groups -OCH3 is 4. The maximum atomic E-state index is 6.46. The molecule has 0 aliphatic heterocycles. The molecule has 140 valence electrons. The fourth-order valence-corrected chi connectivity index (χ4v) is 3.13. The number of hydrogen-bond donors (Lipinski definition) is 0. The van der Waals surface area contributed by atoms with E-state index in [0.29, 0.717) is 23.0 Å². The lowest BCUT2D eigenvalue weighted by Crippen LogP contribution is -2.04. The van der Waals surface area contributed by atoms with Crippen LogP contribution in [-0.2, 0) is 0 Å². The first-order valence-electron chi connectivity index (χ1n) is 7.61. The van der Waals surface area contributed by atoms with Gasteiger partial charge in [-0.2, -0.15) is 0 Å². The Balaban J connectivity index is 2.64. The molecule has 0 radical (unpaired) electrons. The molecule has 2 aromatic carbocycles. The molecular weight excluding hydrogens is 399 g/mol. The molecule has 0 atom stereocenters. The minimum atomic E-state index is -0.415. The molecule has 0 aromatic heterocycles. The summed E-state index contributed by atoms with van der Waals surface area (Å²) < 4.78 is 21.4. The summed E-state index contributed by atoms with van der Waals surface area (Å²) in [5.41, 5.74) is 1.66. The van der Waals surface area contributed by atoms with Gasteiger partial charge in [0.15, 0.2) is 23.0 Å². The lowest BCUT2D eigenvalue weighted by molar-refractivity contribution is 0.354. The lowest BCUT2D eigenvalue weighted by atomic mass is 9.90. The van der Waals surface area contributed by atoms with Crippen molar-refractivity contribution >= 4 is 34.8 Å². The molecule has 2 aromatic rings. The lowest BCUT2D eigenvalue weighted by Gasteiger charge is -2.20. The van der Waals surface area contributed by atoms with Gasteiger partial charge >= 0.3 is 0 Å². The predicted octanol–water partition coefficient (Wildman–Crippen LogP) is 5.74. The number of ether oxygens (including phenoxy) is 4. The third-order valence-electron chi connectivity index (χ3n) is 3.92. The van der Waals surface area contributed by atoms with Gasteiger partial charge in [0.25, 0.3) is 0 Å². The second-order valence-electron chi connectivity index (χ2n) is 5.27. The quantitative estimate of drug-likeness (QED) is 0.576. The van der Waals surface area contributed by atoms with Gasteiger partial charge in [-0.25, -0.2) is 0 Å². The Kier molecular flexibility index (Phi) is 7.33. The Bertz CT molecular complexity index is 746. The topological polar surface area (TPSA) is 36.9 Å². The van der Waals surface area contributed by atoms with Gasteiger partial charge in [0.05, 0.1) is 33.5 Å². The highest BCUT2D eigenvalue weighted by Crippen LogP contribution is 2.43. The van der Waals surface area contributed by atoms with Crippen LogP contribution in [0.5, 0.6) is 23.0 Å². The second-order valence-corrected chi connectivity index (χ2v) is 6.63. The molecule has 0 spiro atoms. The molecule has 0 bridgehead atoms. The summed E-state index contributed by atoms with van der Waals surface area (Å²) in [6.45, 7) is 0. The van der Waals surface area contributed by atoms with Gasteiger partial charge in [-0.1, -0.05) is 46.9 Å². The molecular formula is C19H19Cl3O4. The van der Waals surface area contributed by atoms with Crippen LogP contribution in [0.25, 0.3) is 0 Å². The van der Waals surface area contributed by atoms with Crippen LogP contribution in [0.2, 0.25) is 0 Å². The van der Waals surface area contributed by atoms with E-state index in [1.54, 1.807) is 40.6 Å². The van der Waals surface area contributed by atoms with Crippen molar-refractivity contribution in [2.45, 2.75) is 5.92 Å². The molecule has 0 fully saturated rings. The normalized spacial score (nSPS) is 10.5. The first-order chi connectivity index (χ1) is 12.5. The van der Waals surface area contributed by atoms with Crippen LogP contribution in [0.1, 0.15) is 17.0 Å². The van der Waals surface area contributed by atoms with Gasteiger partial charge in [-0.15, -0.1) is 0 Å². The van der Waals surface area contributed by atoms with Crippen molar-refractivity contribution in [1.82, 2.24) is 0 Å². The van der Waals surface area contributed by atoms with Gasteiger partial charge in [-0.3, -0.25) is 0 Å². The van der Waals surface area contributed by atoms with E-state index in [2.05, 4.69) is 0 Å². The van der Waals surface area contributed by atoms with Gasteiger partial charge in [0.1, 0.15) is 4.49 Å². The van der Waals surface area contributed by atoms with E-state index in [-0.39, 0.29) is 9.52 Å². The fraction of sp³-hybridized carbons (Fsp3) is 0.263. The standard InChI is InChI=1S/C19H19Cl3O4/c1-23-13-7-5-11(9-15(13)25-3)17(18(20)19(21)22)12-6-8-14(24-2)16(10-12)26-4/h5-10,17H,1-4H3. The Hall–Kier alpha value is -1.75. The number of halogens is 3. The molecule has 0 aliphatic rings. The predicted molar refractivity (Wildman–Crippen MR) is 106 cm³/mol. The number of hydrogen-bond acceptors (Lipinski definition) is 4. The highest BCUT2D eigenvalue weighted by molar-refractivity contribution is 6.59. The molecule has 0 aliphatic carbocycles. The molecule has 0 saturated carbocycles. The average Bonchev–Trinajstić information content (AvgIpc) is 2.67. The van der Waals surface area contributed by atoms with Crippen molar-refractivity contribution in [2.75, 3.05) is 28.4 Å². The van der Waals surface area contributed by atoms with E-state index in [4.69, 9.17) is 53.8 Å². The first kappa shape index (κ1) is 20.6. The van der Waals surface area contributed by atoms with Gasteiger partial charge in [0.2, 0.25) is 0 Å². The zero-order valence-corrected chi connectivity index (χ0v) is 17.1. The second kappa shape index (κ2) is 9.26. The minimum Gasteiger partial charge on any atom is -0.493 e. The maximum Gasteiger partial charge on any atom is 0.161 e. The van der Waals surface area contributed by atoms with Crippen molar-refractivity contribution in [2.24, 2.45) is 0 Å². The number of rotatable bonds is 7. The van der Waals surface area contributed by atoms with Gasteiger partial charge < -0.3 is 18.9 Å². The van der Waals surface area contributed by atoms with Gasteiger partial charge in [-0.05, 0) is 35.4 Å². The van der Waals surface area contributed by atoms with Crippen molar-refractivity contribution in [3.8, 4) is 23.0 Å². The summed E-state index contributed by atoms with van der Waals surface area (Å²) in [4.78, 5) is 0. The highest BCUT2D eigenvalue weighted by atomic mass is 35.5. The molecule has 26 heavy (non-hydrogen) atoms. The summed E-state index contributed by atoms with van der Waals surface area (Å²) >= 11 is 18.4. The molecule has 2 rings (SSSR count). The molecule has 0 N–H and O–H groups in total. The summed E-state index contributed by atoms with van der Waals surface area (Å²) in [6, 6.07) is 11.0. The smallest absolute Gasteiger partial charge is 0.161 e. The molecule has 0 amide bonds. The summed E-state index contributed by atoms with van der Waals surface area (Å²) in [5.74, 6) is 1.95. The van der Waals surface area contributed by atoms with Crippen LogP contribution in [0.3, 0.4) is 0 Å². The van der Waals surface area contributed by atoms with E-state index >= 15 is 0 Å². The maximum absolute atomic E-state index is 6.46. The van der Waals surface area contributed by atoms with Crippen LogP contribution in [0, 0.1) is 0 Å². The Morgan fingerprint density at radius 3 is 1.35 bits per heavy atom. The summed E-state index contributed by atoms with van der Waals surface area (Å²) in [6.07, 6.45) is 0. The van der Waals surface area contributed by atoms with Crippen LogP contribution < -0.4 is 18.9 Å². The first-order valence-corrected chi connectivity index (χ1v) is 8.74. The fourth-order valence-electron chi connectivity index (χ4n) is 2.66. The van der Waals surface area contributed by atoms with Crippen molar-refractivity contribution < 1.29 is 18.9 Å². The van der Waals surface area contributed by atoms with Crippen molar-refractivity contribution in [1.29, 1.82) is 0 Å². The van der Waals surface area contributed by atoms with Crippen molar-refractivity contribution in [3.05, 3.63) is 57.0 Å². The monoisotopic (exact) mass is 416 g/mol. The molecule has 7 heteroatoms. The average molecular weight is 418 g/mol. The van der Waals surface area contributed by atoms with Crippen LogP contribution in [0.15, 0.2) is 45.9 Å². The minimum absolute atomic E-state index is 0.0127. The van der Waals surface area contributed by atoms with E-state index in [9.17, 15) is 0 Å². The molecule has 0 unspecified atom stereocenters. The molecule has 0 heterocycles. The molecule has 4 nitrogen and oxygen atoms in total. The van der Waals surface area contributed by atoms with E-state index < -0.39 is 5.92 Å². The number of benzene rings is 2. The van der Waals surface area contributed by atoms with E-state index in [0.717, 1.165) is 11.1 Å². The largest absolute Gasteiger partial charge is 0.493 e. The SMILES string of the molecule is COc1ccc(C(C(Cl)=C(Cl)Cl)c2ccc(OC)c(OC)c2)cc1OC. The summed E-state index contributed by atoms with van der Waals surface area (Å²) in [7, 11) is 6.29. The zero-order valence-electron chi connectivity index (χ0n) is 14.8.